The van der Waals surface area contributed by atoms with Crippen LogP contribution in [0, 0.1) is 5.82 Å². The van der Waals surface area contributed by atoms with Crippen molar-refractivity contribution in [2.75, 3.05) is 25.5 Å². The maximum absolute atomic E-state index is 13.0. The molecule has 162 valence electrons. The SMILES string of the molecule is COc1ccccc1S(=O)(=O)N1CCC(c2ccc(Nc3ccc(F)cn3)cn2)CC1. The molecule has 3 aromatic rings. The Morgan fingerprint density at radius 3 is 2.45 bits per heavy atom. The first kappa shape index (κ1) is 21.2. The summed E-state index contributed by atoms with van der Waals surface area (Å²) in [4.78, 5) is 8.70. The second-order valence-electron chi connectivity index (χ2n) is 7.29. The van der Waals surface area contributed by atoms with Crippen LogP contribution in [0.15, 0.2) is 65.8 Å². The van der Waals surface area contributed by atoms with E-state index >= 15 is 0 Å². The van der Waals surface area contributed by atoms with Gasteiger partial charge in [0.1, 0.15) is 22.3 Å². The number of sulfonamides is 1. The van der Waals surface area contributed by atoms with Crippen LogP contribution in [0.1, 0.15) is 24.5 Å². The number of anilines is 2. The Bertz CT molecular complexity index is 1130. The Balaban J connectivity index is 1.40. The van der Waals surface area contributed by atoms with Gasteiger partial charge in [-0.15, -0.1) is 0 Å². The Morgan fingerprint density at radius 1 is 1.03 bits per heavy atom. The molecule has 1 aliphatic rings. The van der Waals surface area contributed by atoms with Gasteiger partial charge in [-0.3, -0.25) is 4.98 Å². The quantitative estimate of drug-likeness (QED) is 0.623. The highest BCUT2D eigenvalue weighted by molar-refractivity contribution is 7.89. The van der Waals surface area contributed by atoms with E-state index in [2.05, 4.69) is 15.3 Å². The number of hydrogen-bond donors (Lipinski definition) is 1. The molecule has 0 atom stereocenters. The zero-order valence-corrected chi connectivity index (χ0v) is 17.8. The second-order valence-corrected chi connectivity index (χ2v) is 9.19. The summed E-state index contributed by atoms with van der Waals surface area (Å²) in [5.41, 5.74) is 1.67. The molecule has 0 amide bonds. The number of aromatic nitrogens is 2. The first-order valence-electron chi connectivity index (χ1n) is 9.95. The Labute approximate surface area is 181 Å². The van der Waals surface area contributed by atoms with E-state index in [1.807, 2.05) is 12.1 Å². The van der Waals surface area contributed by atoms with Crippen molar-refractivity contribution in [2.45, 2.75) is 23.7 Å². The lowest BCUT2D eigenvalue weighted by Gasteiger charge is -2.31. The fourth-order valence-electron chi connectivity index (χ4n) is 3.68. The number of methoxy groups -OCH3 is 1. The van der Waals surface area contributed by atoms with E-state index in [0.717, 1.165) is 17.6 Å². The van der Waals surface area contributed by atoms with Crippen molar-refractivity contribution in [2.24, 2.45) is 0 Å². The van der Waals surface area contributed by atoms with Crippen molar-refractivity contribution in [3.63, 3.8) is 0 Å². The number of nitrogens with one attached hydrogen (secondary N) is 1. The van der Waals surface area contributed by atoms with Gasteiger partial charge >= 0.3 is 0 Å². The molecule has 3 heterocycles. The fraction of sp³-hybridized carbons (Fsp3) is 0.273. The summed E-state index contributed by atoms with van der Waals surface area (Å²) in [5.74, 6) is 0.677. The average Bonchev–Trinajstić information content (AvgIpc) is 2.81. The highest BCUT2D eigenvalue weighted by Gasteiger charge is 2.32. The average molecular weight is 443 g/mol. The summed E-state index contributed by atoms with van der Waals surface area (Å²) < 4.78 is 45.8. The molecule has 1 saturated heterocycles. The molecule has 0 bridgehead atoms. The number of rotatable bonds is 6. The zero-order valence-electron chi connectivity index (χ0n) is 17.0. The van der Waals surface area contributed by atoms with Crippen LogP contribution in [0.3, 0.4) is 0 Å². The summed E-state index contributed by atoms with van der Waals surface area (Å²) in [6.45, 7) is 0.846. The molecular formula is C22H23FN4O3S. The Hall–Kier alpha value is -3.04. The van der Waals surface area contributed by atoms with E-state index < -0.39 is 15.8 Å². The maximum Gasteiger partial charge on any atom is 0.246 e. The van der Waals surface area contributed by atoms with Gasteiger partial charge in [0.2, 0.25) is 10.0 Å². The van der Waals surface area contributed by atoms with Crippen LogP contribution in [0.4, 0.5) is 15.9 Å². The third kappa shape index (κ3) is 4.67. The second kappa shape index (κ2) is 8.99. The van der Waals surface area contributed by atoms with Crippen LogP contribution in [-0.4, -0.2) is 42.9 Å². The van der Waals surface area contributed by atoms with Crippen LogP contribution in [-0.2, 0) is 10.0 Å². The smallest absolute Gasteiger partial charge is 0.246 e. The van der Waals surface area contributed by atoms with Gasteiger partial charge in [-0.05, 0) is 49.2 Å². The molecule has 0 aliphatic carbocycles. The summed E-state index contributed by atoms with van der Waals surface area (Å²) in [6.07, 6.45) is 4.23. The highest BCUT2D eigenvalue weighted by Crippen LogP contribution is 2.32. The number of benzene rings is 1. The Kier molecular flexibility index (Phi) is 6.15. The third-order valence-corrected chi connectivity index (χ3v) is 7.28. The van der Waals surface area contributed by atoms with Gasteiger partial charge in [-0.25, -0.2) is 17.8 Å². The van der Waals surface area contributed by atoms with E-state index in [-0.39, 0.29) is 10.8 Å². The van der Waals surface area contributed by atoms with Gasteiger partial charge in [0.15, 0.2) is 0 Å². The van der Waals surface area contributed by atoms with Gasteiger partial charge in [0.25, 0.3) is 0 Å². The normalized spacial score (nSPS) is 15.5. The number of ether oxygens (including phenoxy) is 1. The van der Waals surface area contributed by atoms with Crippen LogP contribution in [0.2, 0.25) is 0 Å². The summed E-state index contributed by atoms with van der Waals surface area (Å²) in [5, 5.41) is 3.08. The molecule has 4 rings (SSSR count). The predicted octanol–water partition coefficient (Wildman–Crippen LogP) is 3.94. The van der Waals surface area contributed by atoms with Gasteiger partial charge in [-0.1, -0.05) is 12.1 Å². The molecule has 7 nitrogen and oxygen atoms in total. The molecule has 0 saturated carbocycles. The van der Waals surface area contributed by atoms with Gasteiger partial charge in [-0.2, -0.15) is 4.31 Å². The molecule has 1 fully saturated rings. The van der Waals surface area contributed by atoms with Crippen molar-refractivity contribution >= 4 is 21.5 Å². The largest absolute Gasteiger partial charge is 0.495 e. The van der Waals surface area contributed by atoms with Crippen molar-refractivity contribution < 1.29 is 17.5 Å². The topological polar surface area (TPSA) is 84.4 Å². The molecule has 31 heavy (non-hydrogen) atoms. The minimum absolute atomic E-state index is 0.183. The van der Waals surface area contributed by atoms with Gasteiger partial charge < -0.3 is 10.1 Å². The first-order valence-corrected chi connectivity index (χ1v) is 11.4. The summed E-state index contributed by atoms with van der Waals surface area (Å²) in [6, 6.07) is 13.4. The monoisotopic (exact) mass is 442 g/mol. The highest BCUT2D eigenvalue weighted by atomic mass is 32.2. The standard InChI is InChI=1S/C22H23FN4O3S/c1-30-20-4-2-3-5-21(20)31(28,29)27-12-10-16(11-13-27)19-8-7-18(15-24-19)26-22-9-6-17(23)14-25-22/h2-9,14-16H,10-13H2,1H3,(H,25,26). The van der Waals surface area contributed by atoms with E-state index in [1.54, 1.807) is 36.5 Å². The number of nitrogens with zero attached hydrogens (tertiary/aromatic N) is 3. The molecule has 1 aliphatic heterocycles. The van der Waals surface area contributed by atoms with Crippen LogP contribution < -0.4 is 10.1 Å². The molecule has 1 aromatic carbocycles. The number of halogens is 1. The van der Waals surface area contributed by atoms with E-state index in [1.165, 1.54) is 17.5 Å². The Morgan fingerprint density at radius 2 is 1.81 bits per heavy atom. The lowest BCUT2D eigenvalue weighted by Crippen LogP contribution is -2.38. The van der Waals surface area contributed by atoms with Crippen molar-refractivity contribution in [1.82, 2.24) is 14.3 Å². The molecular weight excluding hydrogens is 419 g/mol. The lowest BCUT2D eigenvalue weighted by atomic mass is 9.94. The fourth-order valence-corrected chi connectivity index (χ4v) is 5.31. The number of piperidine rings is 1. The first-order chi connectivity index (χ1) is 15.0. The van der Waals surface area contributed by atoms with Crippen molar-refractivity contribution in [3.05, 3.63) is 72.4 Å². The van der Waals surface area contributed by atoms with Crippen LogP contribution >= 0.6 is 0 Å². The van der Waals surface area contributed by atoms with Gasteiger partial charge in [0, 0.05) is 24.7 Å². The maximum atomic E-state index is 13.0. The molecule has 0 radical (unpaired) electrons. The van der Waals surface area contributed by atoms with Crippen molar-refractivity contribution in [1.29, 1.82) is 0 Å². The molecule has 0 spiro atoms. The van der Waals surface area contributed by atoms with E-state index in [4.69, 9.17) is 4.74 Å². The van der Waals surface area contributed by atoms with Crippen LogP contribution in [0.25, 0.3) is 0 Å². The van der Waals surface area contributed by atoms with E-state index in [0.29, 0.717) is 37.5 Å². The zero-order chi connectivity index (χ0) is 21.8. The minimum Gasteiger partial charge on any atom is -0.495 e. The molecule has 0 unspecified atom stereocenters. The predicted molar refractivity (Wildman–Crippen MR) is 115 cm³/mol. The summed E-state index contributed by atoms with van der Waals surface area (Å²) in [7, 11) is -2.14. The van der Waals surface area contributed by atoms with Crippen molar-refractivity contribution in [3.8, 4) is 5.75 Å². The van der Waals surface area contributed by atoms with Crippen LogP contribution in [0.5, 0.6) is 5.75 Å². The number of pyridine rings is 2. The molecule has 9 heteroatoms. The lowest BCUT2D eigenvalue weighted by molar-refractivity contribution is 0.314. The van der Waals surface area contributed by atoms with Gasteiger partial charge in [0.05, 0.1) is 25.2 Å². The third-order valence-electron chi connectivity index (χ3n) is 5.35. The summed E-state index contributed by atoms with van der Waals surface area (Å²) >= 11 is 0. The molecule has 1 N–H and O–H groups in total. The van der Waals surface area contributed by atoms with E-state index in [9.17, 15) is 12.8 Å². The number of hydrogen-bond acceptors (Lipinski definition) is 6. The minimum atomic E-state index is -3.61. The molecule has 2 aromatic heterocycles. The number of para-hydroxylation sites is 1.